The normalized spacial score (nSPS) is 20.8. The summed E-state index contributed by atoms with van der Waals surface area (Å²) in [6.45, 7) is 2.44. The van der Waals surface area contributed by atoms with Crippen molar-refractivity contribution in [3.63, 3.8) is 0 Å². The number of rotatable bonds is 3. The Morgan fingerprint density at radius 1 is 1.00 bits per heavy atom. The minimum Gasteiger partial charge on any atom is -0.497 e. The van der Waals surface area contributed by atoms with Crippen LogP contribution in [0, 0.1) is 5.92 Å². The molecule has 24 heavy (non-hydrogen) atoms. The largest absolute Gasteiger partial charge is 0.497 e. The van der Waals surface area contributed by atoms with Crippen molar-refractivity contribution in [2.45, 2.75) is 19.3 Å². The number of hydrogen-bond acceptors (Lipinski definition) is 3. The van der Waals surface area contributed by atoms with Crippen LogP contribution in [0.2, 0.25) is 0 Å². The van der Waals surface area contributed by atoms with Gasteiger partial charge in [0.2, 0.25) is 5.91 Å². The van der Waals surface area contributed by atoms with Gasteiger partial charge in [0.15, 0.2) is 0 Å². The molecule has 1 unspecified atom stereocenters. The van der Waals surface area contributed by atoms with E-state index >= 15 is 0 Å². The Kier molecular flexibility index (Phi) is 5.18. The monoisotopic (exact) mass is 328 g/mol. The number of nitrogens with zero attached hydrogens (tertiary/aromatic N) is 2. The van der Waals surface area contributed by atoms with Gasteiger partial charge in [-0.15, -0.1) is 0 Å². The van der Waals surface area contributed by atoms with Gasteiger partial charge in [0.05, 0.1) is 7.11 Å². The molecule has 0 saturated carbocycles. The van der Waals surface area contributed by atoms with Gasteiger partial charge < -0.3 is 14.5 Å². The summed E-state index contributed by atoms with van der Waals surface area (Å²) in [5.41, 5.74) is 0.660. The van der Waals surface area contributed by atoms with Crippen LogP contribution in [0.25, 0.3) is 0 Å². The van der Waals surface area contributed by atoms with Crippen molar-refractivity contribution in [2.75, 3.05) is 33.3 Å². The van der Waals surface area contributed by atoms with Gasteiger partial charge in [0.1, 0.15) is 5.75 Å². The topological polar surface area (TPSA) is 49.9 Å². The van der Waals surface area contributed by atoms with E-state index in [1.165, 1.54) is 0 Å². The molecule has 3 rings (SSSR count). The van der Waals surface area contributed by atoms with Crippen LogP contribution >= 0.6 is 0 Å². The van der Waals surface area contributed by atoms with E-state index in [1.807, 2.05) is 9.80 Å². The van der Waals surface area contributed by atoms with Crippen molar-refractivity contribution in [3.8, 4) is 5.75 Å². The molecule has 1 atom stereocenters. The summed E-state index contributed by atoms with van der Waals surface area (Å²) in [5, 5.41) is 0. The van der Waals surface area contributed by atoms with Crippen molar-refractivity contribution < 1.29 is 14.3 Å². The summed E-state index contributed by atoms with van der Waals surface area (Å²) in [5.74, 6) is 1.13. The van der Waals surface area contributed by atoms with E-state index in [0.717, 1.165) is 25.0 Å². The number of hydrogen-bond donors (Lipinski definition) is 0. The molecule has 2 aliphatic rings. The fraction of sp³-hybridized carbons (Fsp3) is 0.474. The summed E-state index contributed by atoms with van der Waals surface area (Å²) >= 11 is 0. The molecule has 0 bridgehead atoms. The first kappa shape index (κ1) is 16.6. The molecule has 128 valence electrons. The van der Waals surface area contributed by atoms with E-state index in [-0.39, 0.29) is 17.7 Å². The number of carbonyl (C=O) groups is 2. The summed E-state index contributed by atoms with van der Waals surface area (Å²) < 4.78 is 5.12. The van der Waals surface area contributed by atoms with E-state index < -0.39 is 0 Å². The van der Waals surface area contributed by atoms with Gasteiger partial charge in [0.25, 0.3) is 5.91 Å². The molecule has 1 saturated heterocycles. The van der Waals surface area contributed by atoms with Crippen LogP contribution in [0.15, 0.2) is 36.4 Å². The molecular formula is C19H24N2O3. The maximum Gasteiger partial charge on any atom is 0.253 e. The zero-order chi connectivity index (χ0) is 16.9. The number of allylic oxidation sites excluding steroid dienone is 2. The van der Waals surface area contributed by atoms with E-state index in [2.05, 4.69) is 12.2 Å². The molecule has 5 heteroatoms. The molecule has 1 fully saturated rings. The predicted molar refractivity (Wildman–Crippen MR) is 92.0 cm³/mol. The number of ether oxygens (including phenoxy) is 1. The van der Waals surface area contributed by atoms with Crippen LogP contribution in [-0.4, -0.2) is 54.9 Å². The minimum atomic E-state index is 0.0188. The third kappa shape index (κ3) is 3.61. The average Bonchev–Trinajstić information content (AvgIpc) is 2.68. The molecule has 0 N–H and O–H groups in total. The number of piperazine rings is 1. The molecule has 1 aliphatic heterocycles. The van der Waals surface area contributed by atoms with E-state index in [4.69, 9.17) is 4.74 Å². The number of benzene rings is 1. The fourth-order valence-corrected chi connectivity index (χ4v) is 3.32. The van der Waals surface area contributed by atoms with Gasteiger partial charge in [-0.2, -0.15) is 0 Å². The Labute approximate surface area is 142 Å². The standard InChI is InChI=1S/C19H24N2O3/c1-24-17-9-7-16(8-10-17)19(23)21-13-11-20(12-14-21)18(22)15-5-3-2-4-6-15/h2-3,7-10,15H,4-6,11-14H2,1H3. The Hall–Kier alpha value is -2.30. The van der Waals surface area contributed by atoms with Gasteiger partial charge in [-0.1, -0.05) is 12.2 Å². The van der Waals surface area contributed by atoms with Crippen LogP contribution in [0.1, 0.15) is 29.6 Å². The summed E-state index contributed by atoms with van der Waals surface area (Å²) in [6.07, 6.45) is 7.04. The molecule has 0 radical (unpaired) electrons. The van der Waals surface area contributed by atoms with Crippen molar-refractivity contribution in [2.24, 2.45) is 5.92 Å². The van der Waals surface area contributed by atoms with E-state index in [0.29, 0.717) is 31.7 Å². The van der Waals surface area contributed by atoms with Crippen molar-refractivity contribution in [1.29, 1.82) is 0 Å². The second-order valence-corrected chi connectivity index (χ2v) is 6.33. The Bertz CT molecular complexity index is 616. The van der Waals surface area contributed by atoms with Crippen molar-refractivity contribution >= 4 is 11.8 Å². The SMILES string of the molecule is COc1ccc(C(=O)N2CCN(C(=O)C3CC=CCC3)CC2)cc1. The quantitative estimate of drug-likeness (QED) is 0.800. The summed E-state index contributed by atoms with van der Waals surface area (Å²) in [7, 11) is 1.61. The van der Waals surface area contributed by atoms with Gasteiger partial charge >= 0.3 is 0 Å². The highest BCUT2D eigenvalue weighted by Gasteiger charge is 2.29. The molecule has 1 aromatic rings. The molecule has 1 heterocycles. The van der Waals surface area contributed by atoms with Gasteiger partial charge in [0, 0.05) is 37.7 Å². The third-order valence-electron chi connectivity index (χ3n) is 4.83. The second-order valence-electron chi connectivity index (χ2n) is 6.33. The first-order chi connectivity index (χ1) is 11.7. The Morgan fingerprint density at radius 3 is 2.25 bits per heavy atom. The first-order valence-corrected chi connectivity index (χ1v) is 8.56. The lowest BCUT2D eigenvalue weighted by atomic mass is 9.93. The van der Waals surface area contributed by atoms with Crippen LogP contribution in [0.5, 0.6) is 5.75 Å². The highest BCUT2D eigenvalue weighted by Crippen LogP contribution is 2.22. The van der Waals surface area contributed by atoms with Crippen LogP contribution in [0.4, 0.5) is 0 Å². The summed E-state index contributed by atoms with van der Waals surface area (Å²) in [6, 6.07) is 7.16. The van der Waals surface area contributed by atoms with Crippen LogP contribution < -0.4 is 4.74 Å². The molecule has 5 nitrogen and oxygen atoms in total. The molecular weight excluding hydrogens is 304 g/mol. The van der Waals surface area contributed by atoms with Crippen molar-refractivity contribution in [3.05, 3.63) is 42.0 Å². The highest BCUT2D eigenvalue weighted by molar-refractivity contribution is 5.94. The van der Waals surface area contributed by atoms with Gasteiger partial charge in [-0.25, -0.2) is 0 Å². The molecule has 2 amide bonds. The van der Waals surface area contributed by atoms with Crippen molar-refractivity contribution in [1.82, 2.24) is 9.80 Å². The average molecular weight is 328 g/mol. The number of amides is 2. The van der Waals surface area contributed by atoms with E-state index in [1.54, 1.807) is 31.4 Å². The predicted octanol–water partition coefficient (Wildman–Crippen LogP) is 2.34. The maximum absolute atomic E-state index is 12.6. The van der Waals surface area contributed by atoms with E-state index in [9.17, 15) is 9.59 Å². The lowest BCUT2D eigenvalue weighted by molar-refractivity contribution is -0.137. The smallest absolute Gasteiger partial charge is 0.253 e. The number of methoxy groups -OCH3 is 1. The third-order valence-corrected chi connectivity index (χ3v) is 4.83. The van der Waals surface area contributed by atoms with Gasteiger partial charge in [-0.3, -0.25) is 9.59 Å². The summed E-state index contributed by atoms with van der Waals surface area (Å²) in [4.78, 5) is 28.8. The second kappa shape index (κ2) is 7.51. The highest BCUT2D eigenvalue weighted by atomic mass is 16.5. The van der Waals surface area contributed by atoms with Crippen LogP contribution in [-0.2, 0) is 4.79 Å². The molecule has 1 aromatic carbocycles. The lowest BCUT2D eigenvalue weighted by Crippen LogP contribution is -2.52. The zero-order valence-corrected chi connectivity index (χ0v) is 14.1. The molecule has 1 aliphatic carbocycles. The Morgan fingerprint density at radius 2 is 1.67 bits per heavy atom. The Balaban J connectivity index is 1.55. The first-order valence-electron chi connectivity index (χ1n) is 8.56. The maximum atomic E-state index is 12.6. The number of carbonyl (C=O) groups excluding carboxylic acids is 2. The lowest BCUT2D eigenvalue weighted by Gasteiger charge is -2.36. The van der Waals surface area contributed by atoms with Gasteiger partial charge in [-0.05, 0) is 43.5 Å². The zero-order valence-electron chi connectivity index (χ0n) is 14.1. The molecule has 0 spiro atoms. The van der Waals surface area contributed by atoms with Crippen LogP contribution in [0.3, 0.4) is 0 Å². The molecule has 0 aromatic heterocycles. The minimum absolute atomic E-state index is 0.0188. The fourth-order valence-electron chi connectivity index (χ4n) is 3.32.